The molecule has 0 aromatic heterocycles. The summed E-state index contributed by atoms with van der Waals surface area (Å²) in [5.41, 5.74) is 1.88. The first-order chi connectivity index (χ1) is 7.77. The highest BCUT2D eigenvalue weighted by molar-refractivity contribution is 5.91. The number of carbonyl (C=O) groups excluding carboxylic acids is 1. The fourth-order valence-corrected chi connectivity index (χ4v) is 1.42. The predicted molar refractivity (Wildman–Crippen MR) is 65.3 cm³/mol. The quantitative estimate of drug-likeness (QED) is 0.802. The predicted octanol–water partition coefficient (Wildman–Crippen LogP) is 2.96. The maximum Gasteiger partial charge on any atom is 0.224 e. The molecule has 1 amide bonds. The van der Waals surface area contributed by atoms with Crippen molar-refractivity contribution < 1.29 is 9.53 Å². The highest BCUT2D eigenvalue weighted by atomic mass is 16.5. The number of amides is 1. The van der Waals surface area contributed by atoms with Gasteiger partial charge in [0, 0.05) is 24.3 Å². The Morgan fingerprint density at radius 3 is 2.75 bits per heavy atom. The number of hydrogen-bond acceptors (Lipinski definition) is 2. The van der Waals surface area contributed by atoms with Crippen LogP contribution in [-0.2, 0) is 16.1 Å². The van der Waals surface area contributed by atoms with Gasteiger partial charge in [0.05, 0.1) is 6.61 Å². The third-order valence-corrected chi connectivity index (χ3v) is 2.23. The van der Waals surface area contributed by atoms with Crippen molar-refractivity contribution in [2.75, 3.05) is 11.9 Å². The molecule has 1 rings (SSSR count). The van der Waals surface area contributed by atoms with Gasteiger partial charge in [-0.1, -0.05) is 25.1 Å². The summed E-state index contributed by atoms with van der Waals surface area (Å²) in [7, 11) is 0. The lowest BCUT2D eigenvalue weighted by atomic mass is 10.2. The minimum absolute atomic E-state index is 0.0615. The second-order valence-corrected chi connectivity index (χ2v) is 3.59. The molecular weight excluding hydrogens is 202 g/mol. The molecule has 1 aromatic rings. The first-order valence-electron chi connectivity index (χ1n) is 5.73. The van der Waals surface area contributed by atoms with E-state index in [1.54, 1.807) is 0 Å². The van der Waals surface area contributed by atoms with E-state index >= 15 is 0 Å². The molecule has 0 radical (unpaired) electrons. The Morgan fingerprint density at radius 2 is 2.06 bits per heavy atom. The first kappa shape index (κ1) is 12.7. The van der Waals surface area contributed by atoms with Crippen LogP contribution in [0.1, 0.15) is 32.3 Å². The Bertz CT molecular complexity index is 336. The second-order valence-electron chi connectivity index (χ2n) is 3.59. The van der Waals surface area contributed by atoms with Gasteiger partial charge in [-0.3, -0.25) is 4.79 Å². The van der Waals surface area contributed by atoms with E-state index in [9.17, 15) is 4.79 Å². The van der Waals surface area contributed by atoms with Crippen molar-refractivity contribution in [3.63, 3.8) is 0 Å². The molecule has 0 heterocycles. The first-order valence-corrected chi connectivity index (χ1v) is 5.73. The maximum atomic E-state index is 11.5. The lowest BCUT2D eigenvalue weighted by Crippen LogP contribution is -2.12. The van der Waals surface area contributed by atoms with Crippen molar-refractivity contribution in [1.82, 2.24) is 0 Å². The van der Waals surface area contributed by atoms with Crippen LogP contribution in [0.25, 0.3) is 0 Å². The van der Waals surface area contributed by atoms with E-state index in [0.717, 1.165) is 17.7 Å². The molecule has 3 nitrogen and oxygen atoms in total. The van der Waals surface area contributed by atoms with E-state index in [4.69, 9.17) is 4.74 Å². The molecule has 0 aliphatic carbocycles. The van der Waals surface area contributed by atoms with Crippen LogP contribution < -0.4 is 5.32 Å². The molecule has 0 aliphatic rings. The van der Waals surface area contributed by atoms with Crippen molar-refractivity contribution in [2.45, 2.75) is 33.3 Å². The van der Waals surface area contributed by atoms with E-state index in [-0.39, 0.29) is 5.91 Å². The molecule has 0 bridgehead atoms. The number of rotatable bonds is 6. The number of anilines is 1. The van der Waals surface area contributed by atoms with Gasteiger partial charge in [0.2, 0.25) is 5.91 Å². The van der Waals surface area contributed by atoms with E-state index in [1.807, 2.05) is 38.1 Å². The van der Waals surface area contributed by atoms with Gasteiger partial charge in [0.1, 0.15) is 0 Å². The molecular formula is C13H19NO2. The molecule has 0 fully saturated rings. The van der Waals surface area contributed by atoms with Crippen molar-refractivity contribution in [2.24, 2.45) is 0 Å². The average molecular weight is 221 g/mol. The van der Waals surface area contributed by atoms with Gasteiger partial charge < -0.3 is 10.1 Å². The van der Waals surface area contributed by atoms with Crippen LogP contribution in [0, 0.1) is 0 Å². The van der Waals surface area contributed by atoms with Crippen LogP contribution in [0.5, 0.6) is 0 Å². The van der Waals surface area contributed by atoms with Gasteiger partial charge >= 0.3 is 0 Å². The average Bonchev–Trinajstić information content (AvgIpc) is 2.28. The molecule has 0 spiro atoms. The number of ether oxygens (including phenoxy) is 1. The van der Waals surface area contributed by atoms with Gasteiger partial charge in [-0.25, -0.2) is 0 Å². The molecule has 3 heteroatoms. The summed E-state index contributed by atoms with van der Waals surface area (Å²) >= 11 is 0. The van der Waals surface area contributed by atoms with Crippen LogP contribution in [0.2, 0.25) is 0 Å². The summed E-state index contributed by atoms with van der Waals surface area (Å²) in [5.74, 6) is 0.0615. The highest BCUT2D eigenvalue weighted by Crippen LogP contribution is 2.16. The lowest BCUT2D eigenvalue weighted by molar-refractivity contribution is -0.116. The van der Waals surface area contributed by atoms with Crippen LogP contribution in [-0.4, -0.2) is 12.5 Å². The van der Waals surface area contributed by atoms with E-state index in [1.165, 1.54) is 0 Å². The Morgan fingerprint density at radius 1 is 1.31 bits per heavy atom. The minimum Gasteiger partial charge on any atom is -0.377 e. The number of carbonyl (C=O) groups is 1. The molecule has 1 N–H and O–H groups in total. The normalized spacial score (nSPS) is 10.1. The van der Waals surface area contributed by atoms with Gasteiger partial charge in [-0.05, 0) is 19.4 Å². The number of benzene rings is 1. The monoisotopic (exact) mass is 221 g/mol. The fraction of sp³-hybridized carbons (Fsp3) is 0.462. The summed E-state index contributed by atoms with van der Waals surface area (Å²) in [5, 5.41) is 2.90. The van der Waals surface area contributed by atoms with E-state index < -0.39 is 0 Å². The van der Waals surface area contributed by atoms with Crippen molar-refractivity contribution >= 4 is 11.6 Å². The molecule has 0 saturated heterocycles. The van der Waals surface area contributed by atoms with Crippen LogP contribution in [0.4, 0.5) is 5.69 Å². The third-order valence-electron chi connectivity index (χ3n) is 2.23. The summed E-state index contributed by atoms with van der Waals surface area (Å²) in [4.78, 5) is 11.5. The Hall–Kier alpha value is -1.35. The Balaban J connectivity index is 2.66. The topological polar surface area (TPSA) is 38.3 Å². The number of nitrogens with one attached hydrogen (secondary N) is 1. The molecule has 0 saturated carbocycles. The summed E-state index contributed by atoms with van der Waals surface area (Å²) in [6.45, 7) is 5.17. The summed E-state index contributed by atoms with van der Waals surface area (Å²) < 4.78 is 5.35. The number of para-hydroxylation sites is 1. The number of hydrogen-bond donors (Lipinski definition) is 1. The Labute approximate surface area is 96.8 Å². The standard InChI is InChI=1S/C13H19NO2/c1-3-7-13(15)14-12-9-6-5-8-11(12)10-16-4-2/h5-6,8-9H,3-4,7,10H2,1-2H3,(H,14,15). The Kier molecular flexibility index (Phi) is 5.57. The zero-order valence-electron chi connectivity index (χ0n) is 9.95. The zero-order valence-corrected chi connectivity index (χ0v) is 9.95. The van der Waals surface area contributed by atoms with Gasteiger partial charge in [-0.2, -0.15) is 0 Å². The summed E-state index contributed by atoms with van der Waals surface area (Å²) in [6, 6.07) is 7.74. The van der Waals surface area contributed by atoms with E-state index in [0.29, 0.717) is 19.6 Å². The van der Waals surface area contributed by atoms with Crippen LogP contribution in [0.15, 0.2) is 24.3 Å². The maximum absolute atomic E-state index is 11.5. The molecule has 16 heavy (non-hydrogen) atoms. The molecule has 1 aromatic carbocycles. The van der Waals surface area contributed by atoms with Gasteiger partial charge in [0.25, 0.3) is 0 Å². The zero-order chi connectivity index (χ0) is 11.8. The summed E-state index contributed by atoms with van der Waals surface area (Å²) in [6.07, 6.45) is 1.42. The van der Waals surface area contributed by atoms with E-state index in [2.05, 4.69) is 5.32 Å². The fourth-order valence-electron chi connectivity index (χ4n) is 1.42. The molecule has 0 aliphatic heterocycles. The van der Waals surface area contributed by atoms with Crippen molar-refractivity contribution in [3.05, 3.63) is 29.8 Å². The molecule has 0 atom stereocenters. The molecule has 0 unspecified atom stereocenters. The third kappa shape index (κ3) is 4.03. The van der Waals surface area contributed by atoms with Gasteiger partial charge in [-0.15, -0.1) is 0 Å². The van der Waals surface area contributed by atoms with Crippen LogP contribution in [0.3, 0.4) is 0 Å². The van der Waals surface area contributed by atoms with Gasteiger partial charge in [0.15, 0.2) is 0 Å². The minimum atomic E-state index is 0.0615. The van der Waals surface area contributed by atoms with Crippen LogP contribution >= 0.6 is 0 Å². The highest BCUT2D eigenvalue weighted by Gasteiger charge is 2.05. The van der Waals surface area contributed by atoms with Crippen molar-refractivity contribution in [3.8, 4) is 0 Å². The largest absolute Gasteiger partial charge is 0.377 e. The molecule has 88 valence electrons. The smallest absolute Gasteiger partial charge is 0.224 e. The lowest BCUT2D eigenvalue weighted by Gasteiger charge is -2.10. The second kappa shape index (κ2) is 7.01. The SMILES string of the molecule is CCCC(=O)Nc1ccccc1COCC. The van der Waals surface area contributed by atoms with Crippen molar-refractivity contribution in [1.29, 1.82) is 0 Å².